The molecule has 1 unspecified atom stereocenters. The molecule has 0 aromatic heterocycles. The van der Waals surface area contributed by atoms with Crippen molar-refractivity contribution in [3.8, 4) is 0 Å². The van der Waals surface area contributed by atoms with Crippen LogP contribution in [0.2, 0.25) is 0 Å². The summed E-state index contributed by atoms with van der Waals surface area (Å²) in [6, 6.07) is 0. The van der Waals surface area contributed by atoms with E-state index in [4.69, 9.17) is 14.6 Å². The summed E-state index contributed by atoms with van der Waals surface area (Å²) in [5.41, 5.74) is 0.225. The van der Waals surface area contributed by atoms with Crippen LogP contribution in [0.15, 0.2) is 11.6 Å². The molecule has 0 saturated carbocycles. The van der Waals surface area contributed by atoms with Crippen LogP contribution in [-0.2, 0) is 19.1 Å². The van der Waals surface area contributed by atoms with Crippen molar-refractivity contribution in [2.45, 2.75) is 33.1 Å². The van der Waals surface area contributed by atoms with Gasteiger partial charge in [0.05, 0.1) is 19.8 Å². The Morgan fingerprint density at radius 2 is 2.05 bits per heavy atom. The maximum atomic E-state index is 12.0. The second-order valence-corrected chi connectivity index (χ2v) is 5.65. The van der Waals surface area contributed by atoms with E-state index in [1.807, 2.05) is 0 Å². The van der Waals surface area contributed by atoms with Crippen LogP contribution in [0.4, 0.5) is 0 Å². The van der Waals surface area contributed by atoms with Crippen molar-refractivity contribution >= 4 is 11.9 Å². The molecule has 126 valence electrons. The molecule has 0 bridgehead atoms. The fraction of sp³-hybridized carbons (Fsp3) is 0.750. The van der Waals surface area contributed by atoms with Gasteiger partial charge < -0.3 is 14.6 Å². The third-order valence-electron chi connectivity index (χ3n) is 3.90. The molecule has 1 aliphatic rings. The van der Waals surface area contributed by atoms with Crippen LogP contribution < -0.4 is 0 Å². The lowest BCUT2D eigenvalue weighted by atomic mass is 10.1. The van der Waals surface area contributed by atoms with Gasteiger partial charge in [-0.1, -0.05) is 20.3 Å². The van der Waals surface area contributed by atoms with E-state index in [0.29, 0.717) is 38.7 Å². The highest BCUT2D eigenvalue weighted by atomic mass is 16.5. The summed E-state index contributed by atoms with van der Waals surface area (Å²) in [4.78, 5) is 25.1. The minimum absolute atomic E-state index is 0.225. The summed E-state index contributed by atoms with van der Waals surface area (Å²) in [7, 11) is 0. The van der Waals surface area contributed by atoms with Gasteiger partial charge in [0.15, 0.2) is 0 Å². The van der Waals surface area contributed by atoms with Gasteiger partial charge in [-0.25, -0.2) is 9.59 Å². The Labute approximate surface area is 132 Å². The molecule has 0 spiro atoms. The molecule has 6 nitrogen and oxygen atoms in total. The van der Waals surface area contributed by atoms with Gasteiger partial charge in [0.1, 0.15) is 0 Å². The molecule has 1 rings (SSSR count). The van der Waals surface area contributed by atoms with Crippen molar-refractivity contribution in [2.75, 3.05) is 39.5 Å². The van der Waals surface area contributed by atoms with E-state index in [1.165, 1.54) is 0 Å². The summed E-state index contributed by atoms with van der Waals surface area (Å²) in [6.45, 7) is 8.14. The quantitative estimate of drug-likeness (QED) is 0.516. The van der Waals surface area contributed by atoms with Crippen LogP contribution in [-0.4, -0.2) is 61.4 Å². The molecule has 0 aromatic carbocycles. The number of aliphatic carboxylic acids is 1. The van der Waals surface area contributed by atoms with Crippen LogP contribution >= 0.6 is 0 Å². The zero-order chi connectivity index (χ0) is 16.4. The van der Waals surface area contributed by atoms with Crippen LogP contribution in [0.5, 0.6) is 0 Å². The largest absolute Gasteiger partial charge is 0.478 e. The first-order valence-electron chi connectivity index (χ1n) is 7.93. The fourth-order valence-electron chi connectivity index (χ4n) is 2.14. The van der Waals surface area contributed by atoms with Crippen molar-refractivity contribution in [3.05, 3.63) is 11.6 Å². The van der Waals surface area contributed by atoms with Gasteiger partial charge >= 0.3 is 11.9 Å². The zero-order valence-corrected chi connectivity index (χ0v) is 13.5. The van der Waals surface area contributed by atoms with Gasteiger partial charge in [0.2, 0.25) is 0 Å². The smallest absolute Gasteiger partial charge is 0.334 e. The monoisotopic (exact) mass is 313 g/mol. The number of hydrogen-bond donors (Lipinski definition) is 1. The summed E-state index contributed by atoms with van der Waals surface area (Å²) in [6.07, 6.45) is 3.18. The van der Waals surface area contributed by atoms with E-state index in [2.05, 4.69) is 18.7 Å². The second-order valence-electron chi connectivity index (χ2n) is 5.65. The highest BCUT2D eigenvalue weighted by Crippen LogP contribution is 2.10. The number of esters is 1. The number of nitrogens with zero attached hydrogens (tertiary/aromatic N) is 1. The van der Waals surface area contributed by atoms with Gasteiger partial charge in [-0.3, -0.25) is 4.90 Å². The Hall–Kier alpha value is -1.40. The molecule has 1 atom stereocenters. The number of carbonyl (C=O) groups excluding carboxylic acids is 1. The Kier molecular flexibility index (Phi) is 8.77. The molecular weight excluding hydrogens is 286 g/mol. The summed E-state index contributed by atoms with van der Waals surface area (Å²) >= 11 is 0. The van der Waals surface area contributed by atoms with Crippen LogP contribution in [0.25, 0.3) is 0 Å². The number of rotatable bonds is 9. The lowest BCUT2D eigenvalue weighted by Gasteiger charge is -2.26. The van der Waals surface area contributed by atoms with E-state index >= 15 is 0 Å². The van der Waals surface area contributed by atoms with Gasteiger partial charge in [0.25, 0.3) is 0 Å². The number of hydrogen-bond acceptors (Lipinski definition) is 5. The molecule has 0 amide bonds. The van der Waals surface area contributed by atoms with Crippen molar-refractivity contribution in [3.63, 3.8) is 0 Å². The van der Waals surface area contributed by atoms with Gasteiger partial charge in [-0.2, -0.15) is 0 Å². The first kappa shape index (κ1) is 18.6. The van der Waals surface area contributed by atoms with E-state index in [0.717, 1.165) is 32.0 Å². The number of morpholine rings is 1. The molecule has 6 heteroatoms. The van der Waals surface area contributed by atoms with Crippen LogP contribution in [0, 0.1) is 5.92 Å². The number of carboxylic acid groups (broad SMARTS) is 1. The summed E-state index contributed by atoms with van der Waals surface area (Å²) in [5.74, 6) is -1.14. The van der Waals surface area contributed by atoms with Gasteiger partial charge in [-0.15, -0.1) is 0 Å². The normalized spacial score (nSPS) is 18.0. The van der Waals surface area contributed by atoms with Gasteiger partial charge in [-0.05, 0) is 18.8 Å². The molecule has 0 radical (unpaired) electrons. The van der Waals surface area contributed by atoms with E-state index in [1.54, 1.807) is 0 Å². The van der Waals surface area contributed by atoms with E-state index < -0.39 is 11.9 Å². The number of carboxylic acids is 1. The maximum Gasteiger partial charge on any atom is 0.334 e. The van der Waals surface area contributed by atoms with Crippen molar-refractivity contribution in [1.29, 1.82) is 0 Å². The molecule has 1 saturated heterocycles. The highest BCUT2D eigenvalue weighted by Gasteiger charge is 2.16. The maximum absolute atomic E-state index is 12.0. The minimum Gasteiger partial charge on any atom is -0.478 e. The predicted octanol–water partition coefficient (Wildman–Crippen LogP) is 1.70. The standard InChI is InChI=1S/C16H27NO5/c1-3-13(2)5-9-22-16(20)14(12-15(18)19)4-6-17-7-10-21-11-8-17/h12-13H,3-11H2,1-2H3,(H,18,19)/b14-12+. The molecule has 1 fully saturated rings. The second kappa shape index (κ2) is 10.3. The molecule has 1 aliphatic heterocycles. The SMILES string of the molecule is CCC(C)CCOC(=O)/C(=C/C(=O)O)CCN1CCOCC1. The lowest BCUT2D eigenvalue weighted by Crippen LogP contribution is -2.37. The fourth-order valence-corrected chi connectivity index (χ4v) is 2.14. The first-order valence-corrected chi connectivity index (χ1v) is 7.93. The number of carbonyl (C=O) groups is 2. The molecule has 0 aromatic rings. The van der Waals surface area contributed by atoms with Crippen molar-refractivity contribution in [1.82, 2.24) is 4.90 Å². The molecule has 1 heterocycles. The Morgan fingerprint density at radius 1 is 1.36 bits per heavy atom. The summed E-state index contributed by atoms with van der Waals surface area (Å²) < 4.78 is 10.5. The summed E-state index contributed by atoms with van der Waals surface area (Å²) in [5, 5.41) is 8.90. The third-order valence-corrected chi connectivity index (χ3v) is 3.90. The van der Waals surface area contributed by atoms with Crippen molar-refractivity contribution < 1.29 is 24.2 Å². The molecule has 22 heavy (non-hydrogen) atoms. The topological polar surface area (TPSA) is 76.1 Å². The Balaban J connectivity index is 2.45. The molecular formula is C16H27NO5. The van der Waals surface area contributed by atoms with Crippen LogP contribution in [0.1, 0.15) is 33.1 Å². The average Bonchev–Trinajstić information content (AvgIpc) is 2.51. The predicted molar refractivity (Wildman–Crippen MR) is 82.6 cm³/mol. The molecule has 0 aliphatic carbocycles. The highest BCUT2D eigenvalue weighted by molar-refractivity contribution is 5.95. The van der Waals surface area contributed by atoms with Crippen LogP contribution in [0.3, 0.4) is 0 Å². The van der Waals surface area contributed by atoms with E-state index in [9.17, 15) is 9.59 Å². The Morgan fingerprint density at radius 3 is 2.64 bits per heavy atom. The molecule has 1 N–H and O–H groups in total. The number of ether oxygens (including phenoxy) is 2. The average molecular weight is 313 g/mol. The zero-order valence-electron chi connectivity index (χ0n) is 13.5. The Bertz CT molecular complexity index is 388. The van der Waals surface area contributed by atoms with Crippen molar-refractivity contribution in [2.24, 2.45) is 5.92 Å². The first-order chi connectivity index (χ1) is 10.5. The third kappa shape index (κ3) is 7.56. The minimum atomic E-state index is -1.11. The lowest BCUT2D eigenvalue weighted by molar-refractivity contribution is -0.140. The van der Waals surface area contributed by atoms with Gasteiger partial charge in [0, 0.05) is 31.3 Å². The van der Waals surface area contributed by atoms with E-state index in [-0.39, 0.29) is 5.57 Å².